The lowest BCUT2D eigenvalue weighted by atomic mass is 9.95. The molecular formula is C13H19BrN2O2. The molecule has 0 amide bonds. The summed E-state index contributed by atoms with van der Waals surface area (Å²) in [6.07, 6.45) is 1.99. The van der Waals surface area contributed by atoms with Gasteiger partial charge in [-0.25, -0.2) is 0 Å². The zero-order valence-corrected chi connectivity index (χ0v) is 12.6. The van der Waals surface area contributed by atoms with Crippen LogP contribution in [0.15, 0.2) is 22.7 Å². The van der Waals surface area contributed by atoms with Crippen LogP contribution in [-0.2, 0) is 6.54 Å². The van der Waals surface area contributed by atoms with E-state index in [-0.39, 0.29) is 16.1 Å². The second-order valence-corrected chi connectivity index (χ2v) is 5.57. The quantitative estimate of drug-likeness (QED) is 0.637. The molecule has 0 unspecified atom stereocenters. The first-order valence-corrected chi connectivity index (χ1v) is 6.89. The van der Waals surface area contributed by atoms with E-state index in [0.29, 0.717) is 6.54 Å². The molecule has 4 nitrogen and oxygen atoms in total. The largest absolute Gasteiger partial charge is 0.307 e. The monoisotopic (exact) mass is 314 g/mol. The van der Waals surface area contributed by atoms with Crippen molar-refractivity contribution in [1.29, 1.82) is 0 Å². The summed E-state index contributed by atoms with van der Waals surface area (Å²) in [5.74, 6) is 0. The van der Waals surface area contributed by atoms with Gasteiger partial charge in [0.25, 0.3) is 5.69 Å². The third kappa shape index (κ3) is 3.78. The van der Waals surface area contributed by atoms with Gasteiger partial charge in [0.15, 0.2) is 0 Å². The summed E-state index contributed by atoms with van der Waals surface area (Å²) in [6, 6.07) is 5.17. The fraction of sp³-hybridized carbons (Fsp3) is 0.538. The van der Waals surface area contributed by atoms with E-state index >= 15 is 0 Å². The van der Waals surface area contributed by atoms with E-state index < -0.39 is 0 Å². The standard InChI is InChI=1S/C13H19BrN2O2/c1-4-13(3,5-2)15-9-10-6-7-11(14)8-12(10)16(17)18/h6-8,15H,4-5,9H2,1-3H3. The van der Waals surface area contributed by atoms with Crippen molar-refractivity contribution in [3.05, 3.63) is 38.3 Å². The number of hydrogen-bond acceptors (Lipinski definition) is 3. The smallest absolute Gasteiger partial charge is 0.275 e. The summed E-state index contributed by atoms with van der Waals surface area (Å²) < 4.78 is 0.728. The predicted octanol–water partition coefficient (Wildman–Crippen LogP) is 4.03. The van der Waals surface area contributed by atoms with Crippen molar-refractivity contribution in [3.63, 3.8) is 0 Å². The molecule has 0 aliphatic heterocycles. The number of nitro benzene ring substituents is 1. The highest BCUT2D eigenvalue weighted by Crippen LogP contribution is 2.24. The maximum absolute atomic E-state index is 11.0. The molecule has 0 radical (unpaired) electrons. The van der Waals surface area contributed by atoms with Gasteiger partial charge in [0.2, 0.25) is 0 Å². The lowest BCUT2D eigenvalue weighted by molar-refractivity contribution is -0.385. The van der Waals surface area contributed by atoms with Crippen LogP contribution in [0.5, 0.6) is 0 Å². The molecule has 0 spiro atoms. The van der Waals surface area contributed by atoms with E-state index in [1.165, 1.54) is 0 Å². The molecule has 18 heavy (non-hydrogen) atoms. The van der Waals surface area contributed by atoms with Crippen LogP contribution in [0.4, 0.5) is 5.69 Å². The lowest BCUT2D eigenvalue weighted by Crippen LogP contribution is -2.40. The molecule has 1 aromatic carbocycles. The van der Waals surface area contributed by atoms with E-state index in [0.717, 1.165) is 22.9 Å². The molecule has 100 valence electrons. The van der Waals surface area contributed by atoms with Crippen LogP contribution in [0.2, 0.25) is 0 Å². The van der Waals surface area contributed by atoms with Crippen LogP contribution in [0, 0.1) is 10.1 Å². The van der Waals surface area contributed by atoms with Crippen LogP contribution in [-0.4, -0.2) is 10.5 Å². The molecule has 0 atom stereocenters. The summed E-state index contributed by atoms with van der Waals surface area (Å²) in [4.78, 5) is 10.7. The molecule has 5 heteroatoms. The van der Waals surface area contributed by atoms with Crippen LogP contribution < -0.4 is 5.32 Å². The van der Waals surface area contributed by atoms with Gasteiger partial charge in [-0.1, -0.05) is 29.8 Å². The van der Waals surface area contributed by atoms with Gasteiger partial charge >= 0.3 is 0 Å². The number of nitro groups is 1. The van der Waals surface area contributed by atoms with Crippen LogP contribution in [0.1, 0.15) is 39.2 Å². The van der Waals surface area contributed by atoms with E-state index in [1.54, 1.807) is 12.1 Å². The third-order valence-corrected chi connectivity index (χ3v) is 4.00. The Bertz CT molecular complexity index is 431. The number of nitrogens with one attached hydrogen (secondary N) is 1. The summed E-state index contributed by atoms with van der Waals surface area (Å²) in [5.41, 5.74) is 0.906. The Morgan fingerprint density at radius 3 is 2.50 bits per heavy atom. The fourth-order valence-corrected chi connectivity index (χ4v) is 2.01. The molecule has 1 aromatic rings. The van der Waals surface area contributed by atoms with E-state index in [9.17, 15) is 10.1 Å². The number of hydrogen-bond donors (Lipinski definition) is 1. The van der Waals surface area contributed by atoms with E-state index in [4.69, 9.17) is 0 Å². The minimum Gasteiger partial charge on any atom is -0.307 e. The Morgan fingerprint density at radius 2 is 2.00 bits per heavy atom. The zero-order valence-electron chi connectivity index (χ0n) is 11.0. The van der Waals surface area contributed by atoms with Crippen molar-refractivity contribution < 1.29 is 4.92 Å². The first kappa shape index (κ1) is 15.1. The van der Waals surface area contributed by atoms with Crippen LogP contribution in [0.3, 0.4) is 0 Å². The molecule has 0 bridgehead atoms. The fourth-order valence-electron chi connectivity index (χ4n) is 1.67. The minimum atomic E-state index is -0.336. The van der Waals surface area contributed by atoms with Crippen molar-refractivity contribution in [2.45, 2.75) is 45.7 Å². The first-order chi connectivity index (χ1) is 8.41. The highest BCUT2D eigenvalue weighted by atomic mass is 79.9. The van der Waals surface area contributed by atoms with Crippen LogP contribution >= 0.6 is 15.9 Å². The number of nitrogens with zero attached hydrogens (tertiary/aromatic N) is 1. The van der Waals surface area contributed by atoms with Gasteiger partial charge in [-0.2, -0.15) is 0 Å². The van der Waals surface area contributed by atoms with Gasteiger partial charge in [0.1, 0.15) is 0 Å². The highest BCUT2D eigenvalue weighted by Gasteiger charge is 2.21. The molecule has 1 rings (SSSR count). The topological polar surface area (TPSA) is 55.2 Å². The lowest BCUT2D eigenvalue weighted by Gasteiger charge is -2.28. The summed E-state index contributed by atoms with van der Waals surface area (Å²) >= 11 is 3.26. The molecule has 0 saturated carbocycles. The molecule has 0 fully saturated rings. The molecule has 0 heterocycles. The maximum atomic E-state index is 11.0. The summed E-state index contributed by atoms with van der Waals surface area (Å²) in [6.45, 7) is 6.89. The van der Waals surface area contributed by atoms with Crippen molar-refractivity contribution in [3.8, 4) is 0 Å². The van der Waals surface area contributed by atoms with Crippen molar-refractivity contribution in [2.75, 3.05) is 0 Å². The Labute approximate surface area is 116 Å². The minimum absolute atomic E-state index is 0.0287. The predicted molar refractivity (Wildman–Crippen MR) is 76.6 cm³/mol. The SMILES string of the molecule is CCC(C)(CC)NCc1ccc(Br)cc1[N+](=O)[O-]. The average Bonchev–Trinajstić information content (AvgIpc) is 2.36. The van der Waals surface area contributed by atoms with Crippen LogP contribution in [0.25, 0.3) is 0 Å². The molecule has 0 saturated heterocycles. The number of halogens is 1. The Balaban J connectivity index is 2.88. The second-order valence-electron chi connectivity index (χ2n) is 4.65. The van der Waals surface area contributed by atoms with Gasteiger partial charge in [-0.05, 0) is 31.9 Å². The third-order valence-electron chi connectivity index (χ3n) is 3.51. The zero-order chi connectivity index (χ0) is 13.8. The van der Waals surface area contributed by atoms with Gasteiger partial charge in [0.05, 0.1) is 4.92 Å². The molecule has 0 aliphatic rings. The first-order valence-electron chi connectivity index (χ1n) is 6.09. The van der Waals surface area contributed by atoms with E-state index in [2.05, 4.69) is 42.0 Å². The Hall–Kier alpha value is -0.940. The van der Waals surface area contributed by atoms with Gasteiger partial charge < -0.3 is 5.32 Å². The average molecular weight is 315 g/mol. The van der Waals surface area contributed by atoms with Crippen molar-refractivity contribution >= 4 is 21.6 Å². The molecule has 0 aromatic heterocycles. The highest BCUT2D eigenvalue weighted by molar-refractivity contribution is 9.10. The normalized spacial score (nSPS) is 11.6. The Morgan fingerprint density at radius 1 is 1.39 bits per heavy atom. The van der Waals surface area contributed by atoms with Crippen molar-refractivity contribution in [1.82, 2.24) is 5.32 Å². The van der Waals surface area contributed by atoms with Gasteiger partial charge in [-0.15, -0.1) is 0 Å². The summed E-state index contributed by atoms with van der Waals surface area (Å²) in [7, 11) is 0. The summed E-state index contributed by atoms with van der Waals surface area (Å²) in [5, 5.41) is 14.4. The van der Waals surface area contributed by atoms with E-state index in [1.807, 2.05) is 6.07 Å². The maximum Gasteiger partial charge on any atom is 0.275 e. The molecule has 1 N–H and O–H groups in total. The number of rotatable bonds is 6. The number of benzene rings is 1. The Kier molecular flexibility index (Phi) is 5.28. The molecule has 0 aliphatic carbocycles. The second kappa shape index (κ2) is 6.29. The van der Waals surface area contributed by atoms with Gasteiger partial charge in [-0.3, -0.25) is 10.1 Å². The van der Waals surface area contributed by atoms with Gasteiger partial charge in [0, 0.05) is 28.2 Å². The van der Waals surface area contributed by atoms with Crippen molar-refractivity contribution in [2.24, 2.45) is 0 Å². The molecular weight excluding hydrogens is 296 g/mol.